The number of thiophene rings is 2. The van der Waals surface area contributed by atoms with Crippen LogP contribution in [-0.4, -0.2) is 8.42 Å². The Hall–Kier alpha value is -1.17. The summed E-state index contributed by atoms with van der Waals surface area (Å²) in [5.74, 6) is 0. The SMILES string of the molecule is CCCCCCc1csc(C2=CC=C(c3cc(CCCCCC)cs3)S2(=O)=O)c1. The van der Waals surface area contributed by atoms with E-state index in [9.17, 15) is 8.42 Å². The van der Waals surface area contributed by atoms with Crippen LogP contribution in [0.3, 0.4) is 0 Å². The number of rotatable bonds is 12. The molecule has 0 aromatic carbocycles. The van der Waals surface area contributed by atoms with E-state index in [1.165, 1.54) is 62.5 Å². The molecule has 5 heteroatoms. The molecule has 2 aromatic rings. The van der Waals surface area contributed by atoms with Gasteiger partial charge in [-0.2, -0.15) is 0 Å². The first-order valence-corrected chi connectivity index (χ1v) is 14.1. The average molecular weight is 449 g/mol. The predicted octanol–water partition coefficient (Wildman–Crippen LogP) is 7.87. The zero-order valence-electron chi connectivity index (χ0n) is 17.6. The van der Waals surface area contributed by atoms with Gasteiger partial charge in [0.05, 0.1) is 9.81 Å². The molecule has 3 rings (SSSR count). The van der Waals surface area contributed by atoms with Crippen LogP contribution in [0.5, 0.6) is 0 Å². The fourth-order valence-electron chi connectivity index (χ4n) is 3.66. The fraction of sp³-hybridized carbons (Fsp3) is 0.500. The zero-order valence-corrected chi connectivity index (χ0v) is 20.0. The second kappa shape index (κ2) is 10.7. The quantitative estimate of drug-likeness (QED) is 0.310. The van der Waals surface area contributed by atoms with Crippen molar-refractivity contribution in [2.45, 2.75) is 78.1 Å². The molecular weight excluding hydrogens is 416 g/mol. The Bertz CT molecular complexity index is 886. The molecule has 0 unspecified atom stereocenters. The van der Waals surface area contributed by atoms with Crippen molar-refractivity contribution in [2.75, 3.05) is 0 Å². The summed E-state index contributed by atoms with van der Waals surface area (Å²) in [5.41, 5.74) is 2.52. The molecule has 2 aromatic heterocycles. The van der Waals surface area contributed by atoms with Gasteiger partial charge >= 0.3 is 0 Å². The van der Waals surface area contributed by atoms with E-state index >= 15 is 0 Å². The van der Waals surface area contributed by atoms with Gasteiger partial charge in [0.25, 0.3) is 0 Å². The van der Waals surface area contributed by atoms with Crippen LogP contribution in [0.25, 0.3) is 9.81 Å². The van der Waals surface area contributed by atoms with Gasteiger partial charge in [0.15, 0.2) is 0 Å². The van der Waals surface area contributed by atoms with Crippen molar-refractivity contribution >= 4 is 42.3 Å². The van der Waals surface area contributed by atoms with Gasteiger partial charge in [0, 0.05) is 9.75 Å². The second-order valence-electron chi connectivity index (χ2n) is 7.83. The average Bonchev–Trinajstić information content (AvgIpc) is 3.41. The highest BCUT2D eigenvalue weighted by molar-refractivity contribution is 8.09. The Kier molecular flexibility index (Phi) is 8.34. The fourth-order valence-corrected chi connectivity index (χ4v) is 7.72. The molecule has 0 spiro atoms. The number of allylic oxidation sites excluding steroid dienone is 2. The van der Waals surface area contributed by atoms with Crippen LogP contribution >= 0.6 is 22.7 Å². The molecule has 1 aliphatic rings. The van der Waals surface area contributed by atoms with Gasteiger partial charge in [0.1, 0.15) is 0 Å². The smallest absolute Gasteiger partial charge is 0.209 e. The van der Waals surface area contributed by atoms with Crippen molar-refractivity contribution in [2.24, 2.45) is 0 Å². The third kappa shape index (κ3) is 5.71. The molecule has 158 valence electrons. The summed E-state index contributed by atoms with van der Waals surface area (Å²) in [4.78, 5) is 2.68. The maximum atomic E-state index is 13.2. The number of aryl methyl sites for hydroxylation is 2. The first-order chi connectivity index (χ1) is 14.1. The Balaban J connectivity index is 1.63. The van der Waals surface area contributed by atoms with Crippen LogP contribution in [0.15, 0.2) is 35.0 Å². The van der Waals surface area contributed by atoms with Crippen LogP contribution in [0.1, 0.15) is 86.1 Å². The van der Waals surface area contributed by atoms with E-state index in [0.29, 0.717) is 9.81 Å². The van der Waals surface area contributed by atoms with Gasteiger partial charge in [-0.3, -0.25) is 0 Å². The highest BCUT2D eigenvalue weighted by Gasteiger charge is 2.31. The van der Waals surface area contributed by atoms with Gasteiger partial charge in [-0.1, -0.05) is 52.4 Å². The minimum Gasteiger partial charge on any atom is -0.218 e. The molecule has 29 heavy (non-hydrogen) atoms. The number of hydrogen-bond donors (Lipinski definition) is 0. The monoisotopic (exact) mass is 448 g/mol. The lowest BCUT2D eigenvalue weighted by Gasteiger charge is -2.04. The third-order valence-electron chi connectivity index (χ3n) is 5.40. The van der Waals surface area contributed by atoms with E-state index < -0.39 is 9.84 Å². The van der Waals surface area contributed by atoms with Crippen LogP contribution in [0, 0.1) is 0 Å². The highest BCUT2D eigenvalue weighted by Crippen LogP contribution is 2.42. The molecule has 0 aliphatic carbocycles. The third-order valence-corrected chi connectivity index (χ3v) is 9.55. The van der Waals surface area contributed by atoms with Crippen LogP contribution in [0.2, 0.25) is 0 Å². The van der Waals surface area contributed by atoms with Gasteiger partial charge in [-0.25, -0.2) is 8.42 Å². The van der Waals surface area contributed by atoms with Crippen molar-refractivity contribution in [1.29, 1.82) is 0 Å². The molecule has 0 saturated heterocycles. The van der Waals surface area contributed by atoms with Crippen LogP contribution in [-0.2, 0) is 22.7 Å². The molecule has 0 bridgehead atoms. The van der Waals surface area contributed by atoms with Crippen LogP contribution in [0.4, 0.5) is 0 Å². The second-order valence-corrected chi connectivity index (χ2v) is 11.5. The zero-order chi connectivity index (χ0) is 20.7. The molecule has 3 heterocycles. The highest BCUT2D eigenvalue weighted by atomic mass is 32.2. The Labute approximate surface area is 184 Å². The van der Waals surface area contributed by atoms with Crippen molar-refractivity contribution in [3.63, 3.8) is 0 Å². The summed E-state index contributed by atoms with van der Waals surface area (Å²) < 4.78 is 26.4. The first kappa shape index (κ1) is 22.5. The number of sulfone groups is 1. The summed E-state index contributed by atoms with van der Waals surface area (Å²) in [5, 5.41) is 4.24. The summed E-state index contributed by atoms with van der Waals surface area (Å²) in [6, 6.07) is 4.15. The summed E-state index contributed by atoms with van der Waals surface area (Å²) in [7, 11) is -3.42. The molecule has 0 saturated carbocycles. The molecular formula is C24H32O2S3. The molecule has 0 radical (unpaired) electrons. The van der Waals surface area contributed by atoms with Crippen LogP contribution < -0.4 is 0 Å². The maximum Gasteiger partial charge on any atom is 0.209 e. The summed E-state index contributed by atoms with van der Waals surface area (Å²) >= 11 is 3.11. The Morgan fingerprint density at radius 2 is 1.14 bits per heavy atom. The molecule has 1 aliphatic heterocycles. The van der Waals surface area contributed by atoms with Gasteiger partial charge < -0.3 is 0 Å². The van der Waals surface area contributed by atoms with E-state index in [4.69, 9.17) is 0 Å². The van der Waals surface area contributed by atoms with Gasteiger partial charge in [-0.05, 0) is 71.9 Å². The van der Waals surface area contributed by atoms with E-state index in [0.717, 1.165) is 22.6 Å². The molecule has 2 nitrogen and oxygen atoms in total. The molecule has 0 N–H and O–H groups in total. The lowest BCUT2D eigenvalue weighted by Crippen LogP contribution is -2.00. The number of hydrogen-bond acceptors (Lipinski definition) is 4. The van der Waals surface area contributed by atoms with E-state index in [1.807, 2.05) is 0 Å². The summed E-state index contributed by atoms with van der Waals surface area (Å²) in [6.07, 6.45) is 15.5. The Morgan fingerprint density at radius 1 is 0.690 bits per heavy atom. The standard InChI is InChI=1S/C24H32O2S3/c1-3-5-7-9-11-19-15-21(27-17-19)23-13-14-24(29(23,25)26)22-16-20(18-28-22)12-10-8-6-4-2/h13-18H,3-12H2,1-2H3. The minimum atomic E-state index is -3.42. The summed E-state index contributed by atoms with van der Waals surface area (Å²) in [6.45, 7) is 4.43. The molecule has 0 amide bonds. The van der Waals surface area contributed by atoms with Gasteiger partial charge in [0.2, 0.25) is 9.84 Å². The maximum absolute atomic E-state index is 13.2. The van der Waals surface area contributed by atoms with Crippen molar-refractivity contribution in [3.05, 3.63) is 55.9 Å². The van der Waals surface area contributed by atoms with Crippen molar-refractivity contribution < 1.29 is 8.42 Å². The lowest BCUT2D eigenvalue weighted by molar-refractivity contribution is 0.615. The van der Waals surface area contributed by atoms with E-state index in [-0.39, 0.29) is 0 Å². The first-order valence-electron chi connectivity index (χ1n) is 10.9. The normalized spacial score (nSPS) is 15.5. The van der Waals surface area contributed by atoms with Crippen molar-refractivity contribution in [1.82, 2.24) is 0 Å². The van der Waals surface area contributed by atoms with Gasteiger partial charge in [-0.15, -0.1) is 22.7 Å². The number of unbranched alkanes of at least 4 members (excludes halogenated alkanes) is 6. The van der Waals surface area contributed by atoms with E-state index in [2.05, 4.69) is 36.7 Å². The Morgan fingerprint density at radius 3 is 1.55 bits per heavy atom. The molecule has 0 fully saturated rings. The molecule has 0 atom stereocenters. The predicted molar refractivity (Wildman–Crippen MR) is 129 cm³/mol. The largest absolute Gasteiger partial charge is 0.218 e. The lowest BCUT2D eigenvalue weighted by atomic mass is 10.1. The topological polar surface area (TPSA) is 34.1 Å². The minimum absolute atomic E-state index is 0.468. The van der Waals surface area contributed by atoms with E-state index in [1.54, 1.807) is 34.8 Å². The van der Waals surface area contributed by atoms with Crippen molar-refractivity contribution in [3.8, 4) is 0 Å².